The Hall–Kier alpha value is -2.35. The summed E-state index contributed by atoms with van der Waals surface area (Å²) in [7, 11) is 1.81. The molecule has 118 valence electrons. The van der Waals surface area contributed by atoms with Gasteiger partial charge in [-0.15, -0.1) is 0 Å². The van der Waals surface area contributed by atoms with Gasteiger partial charge in [0.1, 0.15) is 11.9 Å². The number of amides is 1. The minimum absolute atomic E-state index is 0.242. The molecule has 1 aliphatic rings. The van der Waals surface area contributed by atoms with Gasteiger partial charge in [-0.25, -0.2) is 4.98 Å². The van der Waals surface area contributed by atoms with Gasteiger partial charge in [0, 0.05) is 13.5 Å². The molecule has 1 fully saturated rings. The van der Waals surface area contributed by atoms with E-state index in [1.807, 2.05) is 14.0 Å². The highest BCUT2D eigenvalue weighted by Gasteiger charge is 2.33. The molecule has 22 heavy (non-hydrogen) atoms. The fourth-order valence-electron chi connectivity index (χ4n) is 2.36. The van der Waals surface area contributed by atoms with E-state index in [4.69, 9.17) is 13.9 Å². The third-order valence-corrected chi connectivity index (χ3v) is 3.49. The summed E-state index contributed by atoms with van der Waals surface area (Å²) >= 11 is 0. The predicted molar refractivity (Wildman–Crippen MR) is 75.6 cm³/mol. The number of nitrogens with one attached hydrogen (secondary N) is 1. The van der Waals surface area contributed by atoms with Crippen LogP contribution < -0.4 is 10.1 Å². The normalized spacial score (nSPS) is 21.0. The molecule has 0 bridgehead atoms. The number of nitrogens with zero attached hydrogens (tertiary/aromatic N) is 3. The number of carbonyl (C=O) groups is 1. The molecule has 0 unspecified atom stereocenters. The average molecular weight is 306 g/mol. The molecule has 2 aromatic heterocycles. The molecule has 1 N–H and O–H groups in total. The molecule has 1 aliphatic heterocycles. The topological polar surface area (TPSA) is 91.4 Å². The summed E-state index contributed by atoms with van der Waals surface area (Å²) in [5, 5.41) is 6.94. The highest BCUT2D eigenvalue weighted by Crippen LogP contribution is 2.17. The van der Waals surface area contributed by atoms with E-state index in [1.54, 1.807) is 17.1 Å². The van der Waals surface area contributed by atoms with Crippen LogP contribution in [0.5, 0.6) is 5.75 Å². The summed E-state index contributed by atoms with van der Waals surface area (Å²) in [5.41, 5.74) is 0.314. The minimum atomic E-state index is -0.277. The maximum atomic E-state index is 12.3. The van der Waals surface area contributed by atoms with Crippen LogP contribution >= 0.6 is 0 Å². The van der Waals surface area contributed by atoms with Crippen molar-refractivity contribution in [3.8, 4) is 5.75 Å². The second-order valence-corrected chi connectivity index (χ2v) is 5.10. The number of rotatable bonds is 5. The van der Waals surface area contributed by atoms with Crippen molar-refractivity contribution in [3.05, 3.63) is 30.2 Å². The van der Waals surface area contributed by atoms with Gasteiger partial charge in [-0.2, -0.15) is 5.10 Å². The molecule has 3 rings (SSSR count). The van der Waals surface area contributed by atoms with Crippen molar-refractivity contribution in [2.24, 2.45) is 7.05 Å². The van der Waals surface area contributed by atoms with Crippen LogP contribution in [0.3, 0.4) is 0 Å². The zero-order valence-electron chi connectivity index (χ0n) is 12.5. The molecule has 0 aliphatic carbocycles. The molecular weight excluding hydrogens is 288 g/mol. The van der Waals surface area contributed by atoms with Gasteiger partial charge in [0.15, 0.2) is 17.8 Å². The van der Waals surface area contributed by atoms with E-state index < -0.39 is 0 Å². The van der Waals surface area contributed by atoms with Gasteiger partial charge in [0.2, 0.25) is 0 Å². The Morgan fingerprint density at radius 2 is 2.41 bits per heavy atom. The van der Waals surface area contributed by atoms with E-state index in [0.717, 1.165) is 0 Å². The van der Waals surface area contributed by atoms with Crippen molar-refractivity contribution in [2.45, 2.75) is 25.5 Å². The zero-order valence-corrected chi connectivity index (χ0v) is 12.5. The highest BCUT2D eigenvalue weighted by atomic mass is 16.5. The molecule has 8 heteroatoms. The lowest BCUT2D eigenvalue weighted by Gasteiger charge is -2.19. The number of hydrogen-bond acceptors (Lipinski definition) is 6. The van der Waals surface area contributed by atoms with E-state index in [2.05, 4.69) is 15.4 Å². The summed E-state index contributed by atoms with van der Waals surface area (Å²) < 4.78 is 18.1. The Balaban J connectivity index is 1.64. The molecule has 0 spiro atoms. The second-order valence-electron chi connectivity index (χ2n) is 5.10. The summed E-state index contributed by atoms with van der Waals surface area (Å²) in [4.78, 5) is 16.3. The molecule has 0 radical (unpaired) electrons. The lowest BCUT2D eigenvalue weighted by molar-refractivity contribution is 0.0897. The van der Waals surface area contributed by atoms with Gasteiger partial charge in [0.25, 0.3) is 5.91 Å². The minimum Gasteiger partial charge on any atom is -0.482 e. The highest BCUT2D eigenvalue weighted by molar-refractivity contribution is 5.93. The first kappa shape index (κ1) is 14.6. The maximum absolute atomic E-state index is 12.3. The van der Waals surface area contributed by atoms with Crippen molar-refractivity contribution in [3.63, 3.8) is 0 Å². The second kappa shape index (κ2) is 6.18. The van der Waals surface area contributed by atoms with Gasteiger partial charge in [0.05, 0.1) is 31.6 Å². The van der Waals surface area contributed by atoms with Crippen LogP contribution in [-0.4, -0.2) is 46.0 Å². The fraction of sp³-hybridized carbons (Fsp3) is 0.500. The van der Waals surface area contributed by atoms with Gasteiger partial charge in [-0.3, -0.25) is 9.48 Å². The van der Waals surface area contributed by atoms with Crippen LogP contribution in [0.4, 0.5) is 0 Å². The van der Waals surface area contributed by atoms with E-state index in [-0.39, 0.29) is 18.1 Å². The molecule has 1 amide bonds. The largest absolute Gasteiger partial charge is 0.482 e. The smallest absolute Gasteiger partial charge is 0.273 e. The summed E-state index contributed by atoms with van der Waals surface area (Å²) in [6, 6.07) is -0.242. The number of oxazole rings is 1. The molecule has 0 aromatic carbocycles. The Labute approximate surface area is 127 Å². The lowest BCUT2D eigenvalue weighted by Crippen LogP contribution is -2.45. The van der Waals surface area contributed by atoms with Crippen LogP contribution in [0.1, 0.15) is 23.2 Å². The predicted octanol–water partition coefficient (Wildman–Crippen LogP) is 0.547. The molecule has 2 atom stereocenters. The van der Waals surface area contributed by atoms with Crippen molar-refractivity contribution < 1.29 is 18.7 Å². The Bertz CT molecular complexity index is 651. The van der Waals surface area contributed by atoms with E-state index in [9.17, 15) is 4.79 Å². The molecule has 2 aromatic rings. The van der Waals surface area contributed by atoms with Crippen LogP contribution in [0.15, 0.2) is 23.2 Å². The average Bonchev–Trinajstić information content (AvgIpc) is 3.21. The van der Waals surface area contributed by atoms with E-state index in [1.165, 1.54) is 6.39 Å². The fourth-order valence-corrected chi connectivity index (χ4v) is 2.36. The van der Waals surface area contributed by atoms with Crippen LogP contribution in [0, 0.1) is 0 Å². The van der Waals surface area contributed by atoms with Crippen LogP contribution in [0.2, 0.25) is 0 Å². The Morgan fingerprint density at radius 1 is 1.55 bits per heavy atom. The lowest BCUT2D eigenvalue weighted by atomic mass is 10.2. The maximum Gasteiger partial charge on any atom is 0.273 e. The van der Waals surface area contributed by atoms with Gasteiger partial charge < -0.3 is 19.2 Å². The summed E-state index contributed by atoms with van der Waals surface area (Å²) in [5.74, 6) is 0.940. The number of carbonyl (C=O) groups excluding carboxylic acids is 1. The zero-order chi connectivity index (χ0) is 15.5. The first-order valence-electron chi connectivity index (χ1n) is 7.13. The number of ether oxygens (including phenoxy) is 2. The third kappa shape index (κ3) is 2.96. The van der Waals surface area contributed by atoms with E-state index >= 15 is 0 Å². The SMILES string of the molecule is CCc1ocnc1C(=O)N[C@H]1COC[C@H]1Oc1cnn(C)c1. The van der Waals surface area contributed by atoms with Crippen molar-refractivity contribution >= 4 is 5.91 Å². The monoisotopic (exact) mass is 306 g/mol. The van der Waals surface area contributed by atoms with Crippen molar-refractivity contribution in [2.75, 3.05) is 13.2 Å². The summed E-state index contributed by atoms with van der Waals surface area (Å²) in [6.45, 7) is 2.72. The van der Waals surface area contributed by atoms with Crippen molar-refractivity contribution in [1.29, 1.82) is 0 Å². The first-order valence-corrected chi connectivity index (χ1v) is 7.13. The first-order chi connectivity index (χ1) is 10.7. The number of aromatic nitrogens is 3. The number of aryl methyl sites for hydroxylation is 2. The Morgan fingerprint density at radius 3 is 3.14 bits per heavy atom. The van der Waals surface area contributed by atoms with E-state index in [0.29, 0.717) is 36.8 Å². The molecule has 1 saturated heterocycles. The molecule has 0 saturated carbocycles. The summed E-state index contributed by atoms with van der Waals surface area (Å²) in [6.07, 6.45) is 5.03. The Kier molecular flexibility index (Phi) is 4.10. The van der Waals surface area contributed by atoms with Gasteiger partial charge in [-0.1, -0.05) is 6.92 Å². The van der Waals surface area contributed by atoms with Crippen LogP contribution in [0.25, 0.3) is 0 Å². The van der Waals surface area contributed by atoms with Gasteiger partial charge in [-0.05, 0) is 0 Å². The number of hydrogen-bond donors (Lipinski definition) is 1. The van der Waals surface area contributed by atoms with Crippen molar-refractivity contribution in [1.82, 2.24) is 20.1 Å². The third-order valence-electron chi connectivity index (χ3n) is 3.49. The quantitative estimate of drug-likeness (QED) is 0.867. The standard InChI is InChI=1S/C14H18N4O4/c1-3-11-13(15-8-21-11)14(19)17-10-6-20-7-12(10)22-9-4-16-18(2)5-9/h4-5,8,10,12H,3,6-7H2,1-2H3,(H,17,19)/t10-,12+/m0/s1. The van der Waals surface area contributed by atoms with Crippen LogP contribution in [-0.2, 0) is 18.2 Å². The molecule has 3 heterocycles. The molecular formula is C14H18N4O4. The van der Waals surface area contributed by atoms with Gasteiger partial charge >= 0.3 is 0 Å². The molecule has 8 nitrogen and oxygen atoms in total.